The molecule has 0 heterocycles. The number of thioether (sulfide) groups is 1. The molecule has 0 spiro atoms. The first kappa shape index (κ1) is 11.9. The van der Waals surface area contributed by atoms with Crippen LogP contribution in [0.15, 0.2) is 0 Å². The first-order chi connectivity index (χ1) is 6.57. The Kier molecular flexibility index (Phi) is 4.26. The van der Waals surface area contributed by atoms with Crippen LogP contribution in [0.5, 0.6) is 0 Å². The molecule has 2 unspecified atom stereocenters. The molecule has 1 rings (SSSR count). The molecule has 0 bridgehead atoms. The molecule has 0 aromatic heterocycles. The highest BCUT2D eigenvalue weighted by Crippen LogP contribution is 2.35. The van der Waals surface area contributed by atoms with Crippen LogP contribution in [0.25, 0.3) is 0 Å². The summed E-state index contributed by atoms with van der Waals surface area (Å²) in [5.74, 6) is 0.720. The number of aliphatic carboxylic acids is 1. The maximum atomic E-state index is 11.1. The Morgan fingerprint density at radius 3 is 2.57 bits per heavy atom. The van der Waals surface area contributed by atoms with Crippen LogP contribution in [0.4, 0.5) is 0 Å². The Balaban J connectivity index is 2.53. The van der Waals surface area contributed by atoms with Gasteiger partial charge in [0, 0.05) is 11.8 Å². The number of hydrogen-bond donors (Lipinski definition) is 1. The molecule has 82 valence electrons. The maximum Gasteiger partial charge on any atom is 0.321 e. The van der Waals surface area contributed by atoms with E-state index in [2.05, 4.69) is 13.2 Å². The van der Waals surface area contributed by atoms with Crippen molar-refractivity contribution in [1.82, 2.24) is 4.90 Å². The summed E-state index contributed by atoms with van der Waals surface area (Å²) >= 11 is 1.76. The first-order valence-electron chi connectivity index (χ1n) is 5.01. The number of carboxylic acid groups (broad SMARTS) is 1. The summed E-state index contributed by atoms with van der Waals surface area (Å²) in [6.07, 6.45) is 4.21. The smallest absolute Gasteiger partial charge is 0.321 e. The van der Waals surface area contributed by atoms with Crippen LogP contribution in [0.1, 0.15) is 19.8 Å². The molecule has 3 nitrogen and oxygen atoms in total. The van der Waals surface area contributed by atoms with Gasteiger partial charge in [0.1, 0.15) is 6.04 Å². The number of hydrogen-bond acceptors (Lipinski definition) is 3. The summed E-state index contributed by atoms with van der Waals surface area (Å²) in [5, 5.41) is 9.12. The molecule has 0 aromatic rings. The van der Waals surface area contributed by atoms with E-state index in [1.165, 1.54) is 0 Å². The summed E-state index contributed by atoms with van der Waals surface area (Å²) in [6, 6.07) is 0.0730. The van der Waals surface area contributed by atoms with Crippen molar-refractivity contribution >= 4 is 17.7 Å². The zero-order valence-electron chi connectivity index (χ0n) is 9.06. The van der Waals surface area contributed by atoms with E-state index >= 15 is 0 Å². The van der Waals surface area contributed by atoms with E-state index in [4.69, 9.17) is 5.11 Å². The second kappa shape index (κ2) is 5.03. The highest BCUT2D eigenvalue weighted by molar-refractivity contribution is 7.98. The van der Waals surface area contributed by atoms with Crippen molar-refractivity contribution < 1.29 is 9.90 Å². The lowest BCUT2D eigenvalue weighted by Crippen LogP contribution is -2.46. The van der Waals surface area contributed by atoms with E-state index in [1.807, 2.05) is 11.9 Å². The third kappa shape index (κ3) is 2.89. The van der Waals surface area contributed by atoms with Gasteiger partial charge in [0.2, 0.25) is 0 Å². The van der Waals surface area contributed by atoms with Crippen LogP contribution in [-0.2, 0) is 4.79 Å². The molecule has 2 atom stereocenters. The van der Waals surface area contributed by atoms with Crippen molar-refractivity contribution in [2.45, 2.75) is 31.8 Å². The summed E-state index contributed by atoms with van der Waals surface area (Å²) in [7, 11) is 1.93. The molecule has 0 saturated heterocycles. The molecule has 0 amide bonds. The van der Waals surface area contributed by atoms with E-state index in [9.17, 15) is 4.79 Å². The predicted molar refractivity (Wildman–Crippen MR) is 59.8 cm³/mol. The van der Waals surface area contributed by atoms with E-state index < -0.39 is 5.97 Å². The van der Waals surface area contributed by atoms with Crippen LogP contribution in [0.3, 0.4) is 0 Å². The normalized spacial score (nSPS) is 20.9. The van der Waals surface area contributed by atoms with Gasteiger partial charge in [0.05, 0.1) is 0 Å². The maximum absolute atomic E-state index is 11.1. The Bertz CT molecular complexity index is 206. The molecule has 1 aliphatic carbocycles. The fraction of sp³-hybridized carbons (Fsp3) is 0.900. The molecule has 1 N–H and O–H groups in total. The monoisotopic (exact) mass is 217 g/mol. The van der Waals surface area contributed by atoms with E-state index in [1.54, 1.807) is 11.8 Å². The Labute approximate surface area is 89.9 Å². The summed E-state index contributed by atoms with van der Waals surface area (Å²) in [5.41, 5.74) is 0. The Hall–Kier alpha value is -0.220. The first-order valence-corrected chi connectivity index (χ1v) is 6.41. The van der Waals surface area contributed by atoms with Gasteiger partial charge in [0.25, 0.3) is 0 Å². The van der Waals surface area contributed by atoms with Gasteiger partial charge in [-0.2, -0.15) is 11.8 Å². The third-order valence-electron chi connectivity index (χ3n) is 2.86. The molecular formula is C10H19NO2S. The largest absolute Gasteiger partial charge is 0.480 e. The van der Waals surface area contributed by atoms with Gasteiger partial charge in [-0.05, 0) is 39.0 Å². The number of carboxylic acids is 1. The van der Waals surface area contributed by atoms with Crippen LogP contribution >= 0.6 is 11.8 Å². The number of nitrogens with zero attached hydrogens (tertiary/aromatic N) is 1. The zero-order valence-corrected chi connectivity index (χ0v) is 9.88. The van der Waals surface area contributed by atoms with Gasteiger partial charge < -0.3 is 5.11 Å². The topological polar surface area (TPSA) is 40.5 Å². The molecule has 0 radical (unpaired) electrons. The number of rotatable bonds is 6. The van der Waals surface area contributed by atoms with Gasteiger partial charge >= 0.3 is 5.97 Å². The Morgan fingerprint density at radius 2 is 2.21 bits per heavy atom. The molecule has 1 fully saturated rings. The summed E-state index contributed by atoms with van der Waals surface area (Å²) in [4.78, 5) is 13.1. The lowest BCUT2D eigenvalue weighted by atomic mass is 10.1. The average Bonchev–Trinajstić information content (AvgIpc) is 2.88. The van der Waals surface area contributed by atoms with Crippen LogP contribution in [0.2, 0.25) is 0 Å². The van der Waals surface area contributed by atoms with Gasteiger partial charge in [-0.15, -0.1) is 0 Å². The van der Waals surface area contributed by atoms with Crippen LogP contribution < -0.4 is 0 Å². The fourth-order valence-electron chi connectivity index (χ4n) is 1.75. The lowest BCUT2D eigenvalue weighted by molar-refractivity contribution is -0.144. The van der Waals surface area contributed by atoms with E-state index in [-0.39, 0.29) is 6.04 Å². The number of likely N-dealkylation sites (N-methyl/N-ethyl adjacent to an activating group) is 1. The Morgan fingerprint density at radius 1 is 1.64 bits per heavy atom. The van der Waals surface area contributed by atoms with Gasteiger partial charge in [-0.25, -0.2) is 0 Å². The average molecular weight is 217 g/mol. The van der Waals surface area contributed by atoms with Gasteiger partial charge in [-0.3, -0.25) is 9.69 Å². The van der Waals surface area contributed by atoms with Crippen molar-refractivity contribution in [2.75, 3.05) is 19.1 Å². The van der Waals surface area contributed by atoms with Crippen molar-refractivity contribution in [2.24, 2.45) is 5.92 Å². The zero-order chi connectivity index (χ0) is 10.7. The molecule has 14 heavy (non-hydrogen) atoms. The van der Waals surface area contributed by atoms with Gasteiger partial charge in [-0.1, -0.05) is 0 Å². The summed E-state index contributed by atoms with van der Waals surface area (Å²) < 4.78 is 0. The standard InChI is InChI=1S/C10H19NO2S/c1-7(6-14-3)11(2)9(10(12)13)8-4-5-8/h7-9H,4-6H2,1-3H3,(H,12,13). The highest BCUT2D eigenvalue weighted by atomic mass is 32.2. The van der Waals surface area contributed by atoms with E-state index in [0.717, 1.165) is 18.6 Å². The minimum Gasteiger partial charge on any atom is -0.480 e. The molecule has 4 heteroatoms. The van der Waals surface area contributed by atoms with Crippen LogP contribution in [0, 0.1) is 5.92 Å². The SMILES string of the molecule is CSCC(C)N(C)C(C(=O)O)C1CC1. The van der Waals surface area contributed by atoms with Crippen molar-refractivity contribution in [3.63, 3.8) is 0 Å². The second-order valence-corrected chi connectivity index (χ2v) is 5.00. The predicted octanol–water partition coefficient (Wildman–Crippen LogP) is 1.53. The quantitative estimate of drug-likeness (QED) is 0.732. The lowest BCUT2D eigenvalue weighted by Gasteiger charge is -2.30. The molecular weight excluding hydrogens is 198 g/mol. The highest BCUT2D eigenvalue weighted by Gasteiger charge is 2.40. The number of carbonyl (C=O) groups is 1. The van der Waals surface area contributed by atoms with E-state index in [0.29, 0.717) is 12.0 Å². The van der Waals surface area contributed by atoms with Crippen molar-refractivity contribution in [1.29, 1.82) is 0 Å². The second-order valence-electron chi connectivity index (χ2n) is 4.09. The van der Waals surface area contributed by atoms with Crippen LogP contribution in [-0.4, -0.2) is 47.1 Å². The third-order valence-corrected chi connectivity index (χ3v) is 3.68. The van der Waals surface area contributed by atoms with Crippen molar-refractivity contribution in [3.05, 3.63) is 0 Å². The molecule has 1 saturated carbocycles. The fourth-order valence-corrected chi connectivity index (χ4v) is 2.47. The summed E-state index contributed by atoms with van der Waals surface area (Å²) in [6.45, 7) is 2.09. The van der Waals surface area contributed by atoms with Crippen molar-refractivity contribution in [3.8, 4) is 0 Å². The molecule has 1 aliphatic rings. The van der Waals surface area contributed by atoms with Gasteiger partial charge in [0.15, 0.2) is 0 Å². The molecule has 0 aromatic carbocycles. The molecule has 0 aliphatic heterocycles. The minimum absolute atomic E-state index is 0.267. The minimum atomic E-state index is -0.664.